The minimum absolute atomic E-state index is 0.817. The largest absolute Gasteiger partial charge is 0.327 e. The van der Waals surface area contributed by atoms with Gasteiger partial charge in [-0.1, -0.05) is 0 Å². The molecule has 0 spiro atoms. The Balaban J connectivity index is 2.16. The van der Waals surface area contributed by atoms with E-state index in [0.29, 0.717) is 0 Å². The third kappa shape index (κ3) is 1.30. The summed E-state index contributed by atoms with van der Waals surface area (Å²) in [5.41, 5.74) is 0. The molecular weight excluding hydrogens is 140 g/mol. The number of nitrogens with zero attached hydrogens (tertiary/aromatic N) is 3. The van der Waals surface area contributed by atoms with Crippen LogP contribution in [0.3, 0.4) is 0 Å². The summed E-state index contributed by atoms with van der Waals surface area (Å²) in [5, 5.41) is 3.22. The molecule has 1 saturated heterocycles. The van der Waals surface area contributed by atoms with Gasteiger partial charge in [-0.3, -0.25) is 5.32 Å². The topological polar surface area (TPSA) is 41.1 Å². The van der Waals surface area contributed by atoms with E-state index in [1.165, 1.54) is 0 Å². The first-order valence-corrected chi connectivity index (χ1v) is 3.69. The lowest BCUT2D eigenvalue weighted by Gasteiger charge is -2.12. The second-order valence-electron chi connectivity index (χ2n) is 2.47. The highest BCUT2D eigenvalue weighted by atomic mass is 15.3. The Morgan fingerprint density at radius 2 is 2.18 bits per heavy atom. The Morgan fingerprint density at radius 3 is 2.82 bits per heavy atom. The zero-order valence-corrected chi connectivity index (χ0v) is 6.20. The molecule has 1 fully saturated rings. The molecule has 0 saturated carbocycles. The predicted octanol–water partition coefficient (Wildman–Crippen LogP) is -0.156. The number of anilines is 1. The molecule has 0 unspecified atom stereocenters. The fraction of sp³-hybridized carbons (Fsp3) is 0.429. The van der Waals surface area contributed by atoms with Crippen molar-refractivity contribution < 1.29 is 0 Å². The summed E-state index contributed by atoms with van der Waals surface area (Å²) in [6.07, 6.45) is 3.53. The van der Waals surface area contributed by atoms with Crippen LogP contribution in [-0.2, 0) is 0 Å². The van der Waals surface area contributed by atoms with Crippen LogP contribution in [0.25, 0.3) is 0 Å². The van der Waals surface area contributed by atoms with Gasteiger partial charge in [0.1, 0.15) is 0 Å². The van der Waals surface area contributed by atoms with Crippen molar-refractivity contribution in [3.8, 4) is 0 Å². The van der Waals surface area contributed by atoms with E-state index in [2.05, 4.69) is 20.2 Å². The molecular formula is C7H10N4. The van der Waals surface area contributed by atoms with Crippen molar-refractivity contribution in [3.63, 3.8) is 0 Å². The van der Waals surface area contributed by atoms with Crippen LogP contribution in [0.1, 0.15) is 0 Å². The zero-order chi connectivity index (χ0) is 7.52. The first-order chi connectivity index (χ1) is 5.47. The van der Waals surface area contributed by atoms with E-state index < -0.39 is 0 Å². The minimum Gasteiger partial charge on any atom is -0.327 e. The highest BCUT2D eigenvalue weighted by molar-refractivity contribution is 5.29. The number of rotatable bonds is 1. The van der Waals surface area contributed by atoms with E-state index in [1.54, 1.807) is 12.4 Å². The highest BCUT2D eigenvalue weighted by Crippen LogP contribution is 2.04. The lowest BCUT2D eigenvalue weighted by molar-refractivity contribution is 0.838. The van der Waals surface area contributed by atoms with E-state index in [-0.39, 0.29) is 0 Å². The Kier molecular flexibility index (Phi) is 1.69. The van der Waals surface area contributed by atoms with E-state index in [1.807, 2.05) is 6.07 Å². The maximum absolute atomic E-state index is 4.14. The molecule has 4 heteroatoms. The SMILES string of the molecule is c1cnc(N2CCNC2)nc1. The van der Waals surface area contributed by atoms with Crippen molar-refractivity contribution in [1.82, 2.24) is 15.3 Å². The average molecular weight is 150 g/mol. The summed E-state index contributed by atoms with van der Waals surface area (Å²) in [6.45, 7) is 2.90. The van der Waals surface area contributed by atoms with Crippen LogP contribution < -0.4 is 10.2 Å². The molecule has 11 heavy (non-hydrogen) atoms. The number of hydrogen-bond donors (Lipinski definition) is 1. The summed E-state index contributed by atoms with van der Waals surface area (Å²) < 4.78 is 0. The molecule has 0 bridgehead atoms. The minimum atomic E-state index is 0.817. The fourth-order valence-electron chi connectivity index (χ4n) is 1.13. The van der Waals surface area contributed by atoms with Crippen LogP contribution in [0.5, 0.6) is 0 Å². The fourth-order valence-corrected chi connectivity index (χ4v) is 1.13. The van der Waals surface area contributed by atoms with Crippen LogP contribution in [0.4, 0.5) is 5.95 Å². The van der Waals surface area contributed by atoms with Gasteiger partial charge < -0.3 is 4.90 Å². The second kappa shape index (κ2) is 2.84. The van der Waals surface area contributed by atoms with Gasteiger partial charge in [0.15, 0.2) is 0 Å². The smallest absolute Gasteiger partial charge is 0.226 e. The van der Waals surface area contributed by atoms with Crippen LogP contribution in [0.2, 0.25) is 0 Å². The molecule has 2 rings (SSSR count). The Bertz CT molecular complexity index is 217. The van der Waals surface area contributed by atoms with Crippen molar-refractivity contribution in [3.05, 3.63) is 18.5 Å². The molecule has 0 amide bonds. The van der Waals surface area contributed by atoms with Gasteiger partial charge in [0, 0.05) is 25.5 Å². The van der Waals surface area contributed by atoms with Gasteiger partial charge in [-0.05, 0) is 6.07 Å². The van der Waals surface area contributed by atoms with Crippen molar-refractivity contribution >= 4 is 5.95 Å². The molecule has 2 heterocycles. The molecule has 0 aromatic carbocycles. The third-order valence-electron chi connectivity index (χ3n) is 1.70. The third-order valence-corrected chi connectivity index (χ3v) is 1.70. The van der Waals surface area contributed by atoms with Crippen molar-refractivity contribution in [2.75, 3.05) is 24.7 Å². The molecule has 0 aliphatic carbocycles. The molecule has 0 radical (unpaired) electrons. The normalized spacial score (nSPS) is 17.3. The summed E-state index contributed by atoms with van der Waals surface area (Å²) in [4.78, 5) is 10.4. The van der Waals surface area contributed by atoms with Crippen molar-refractivity contribution in [1.29, 1.82) is 0 Å². The predicted molar refractivity (Wildman–Crippen MR) is 42.2 cm³/mol. The molecule has 4 nitrogen and oxygen atoms in total. The molecule has 1 N–H and O–H groups in total. The summed E-state index contributed by atoms with van der Waals surface area (Å²) in [7, 11) is 0. The lowest BCUT2D eigenvalue weighted by atomic mass is 10.6. The zero-order valence-electron chi connectivity index (χ0n) is 6.20. The number of aromatic nitrogens is 2. The molecule has 1 aliphatic heterocycles. The van der Waals surface area contributed by atoms with Gasteiger partial charge in [-0.25, -0.2) is 9.97 Å². The van der Waals surface area contributed by atoms with Gasteiger partial charge in [-0.2, -0.15) is 0 Å². The van der Waals surface area contributed by atoms with E-state index >= 15 is 0 Å². The van der Waals surface area contributed by atoms with Gasteiger partial charge in [0.2, 0.25) is 5.95 Å². The maximum atomic E-state index is 4.14. The lowest BCUT2D eigenvalue weighted by Crippen LogP contribution is -2.22. The second-order valence-corrected chi connectivity index (χ2v) is 2.47. The summed E-state index contributed by atoms with van der Waals surface area (Å²) in [5.74, 6) is 0.817. The van der Waals surface area contributed by atoms with Crippen LogP contribution in [0, 0.1) is 0 Å². The first kappa shape index (κ1) is 6.54. The standard InChI is InChI=1S/C7H10N4/c1-2-9-7(10-3-1)11-5-4-8-6-11/h1-3,8H,4-6H2. The molecule has 58 valence electrons. The molecule has 1 aromatic heterocycles. The van der Waals surface area contributed by atoms with Gasteiger partial charge in [-0.15, -0.1) is 0 Å². The molecule has 0 atom stereocenters. The average Bonchev–Trinajstić information content (AvgIpc) is 2.58. The Morgan fingerprint density at radius 1 is 1.36 bits per heavy atom. The summed E-state index contributed by atoms with van der Waals surface area (Å²) in [6, 6.07) is 1.83. The molecule has 1 aromatic rings. The maximum Gasteiger partial charge on any atom is 0.226 e. The number of nitrogens with one attached hydrogen (secondary N) is 1. The van der Waals surface area contributed by atoms with Crippen molar-refractivity contribution in [2.24, 2.45) is 0 Å². The monoisotopic (exact) mass is 150 g/mol. The van der Waals surface area contributed by atoms with Crippen LogP contribution in [0.15, 0.2) is 18.5 Å². The Hall–Kier alpha value is -1.16. The quantitative estimate of drug-likeness (QED) is 0.604. The van der Waals surface area contributed by atoms with E-state index in [0.717, 1.165) is 25.7 Å². The van der Waals surface area contributed by atoms with Crippen molar-refractivity contribution in [2.45, 2.75) is 0 Å². The van der Waals surface area contributed by atoms with Crippen LogP contribution >= 0.6 is 0 Å². The van der Waals surface area contributed by atoms with Crippen LogP contribution in [-0.4, -0.2) is 29.7 Å². The molecule has 1 aliphatic rings. The highest BCUT2D eigenvalue weighted by Gasteiger charge is 2.12. The van der Waals surface area contributed by atoms with E-state index in [4.69, 9.17) is 0 Å². The first-order valence-electron chi connectivity index (χ1n) is 3.69. The van der Waals surface area contributed by atoms with Gasteiger partial charge >= 0.3 is 0 Å². The van der Waals surface area contributed by atoms with Gasteiger partial charge in [0.25, 0.3) is 0 Å². The van der Waals surface area contributed by atoms with E-state index in [9.17, 15) is 0 Å². The van der Waals surface area contributed by atoms with Gasteiger partial charge in [0.05, 0.1) is 6.67 Å². The Labute approximate surface area is 65.3 Å². The number of hydrogen-bond acceptors (Lipinski definition) is 4. The summed E-state index contributed by atoms with van der Waals surface area (Å²) >= 11 is 0.